The smallest absolute Gasteiger partial charge is 0.227 e. The highest BCUT2D eigenvalue weighted by Crippen LogP contribution is 2.32. The summed E-state index contributed by atoms with van der Waals surface area (Å²) in [5.74, 6) is 0.660. The van der Waals surface area contributed by atoms with E-state index >= 15 is 0 Å². The van der Waals surface area contributed by atoms with E-state index in [-0.39, 0.29) is 0 Å². The van der Waals surface area contributed by atoms with Crippen LogP contribution < -0.4 is 5.32 Å². The van der Waals surface area contributed by atoms with Crippen LogP contribution in [-0.4, -0.2) is 35.0 Å². The van der Waals surface area contributed by atoms with Gasteiger partial charge in [-0.25, -0.2) is 9.97 Å². The van der Waals surface area contributed by atoms with E-state index in [2.05, 4.69) is 77.7 Å². The predicted molar refractivity (Wildman–Crippen MR) is 121 cm³/mol. The normalized spacial score (nSPS) is 12.5. The van der Waals surface area contributed by atoms with Crippen LogP contribution in [0.4, 0.5) is 11.6 Å². The van der Waals surface area contributed by atoms with Gasteiger partial charge in [0, 0.05) is 24.0 Å². The fourth-order valence-electron chi connectivity index (χ4n) is 3.87. The number of rotatable bonds is 8. The first-order valence-electron chi connectivity index (χ1n) is 10.7. The third-order valence-corrected chi connectivity index (χ3v) is 5.69. The topological polar surface area (TPSA) is 41.0 Å². The molecule has 1 heterocycles. The van der Waals surface area contributed by atoms with Gasteiger partial charge in [-0.2, -0.15) is 0 Å². The lowest BCUT2D eigenvalue weighted by atomic mass is 9.90. The molecule has 1 aliphatic carbocycles. The van der Waals surface area contributed by atoms with Gasteiger partial charge in [0.25, 0.3) is 0 Å². The van der Waals surface area contributed by atoms with Crippen molar-refractivity contribution >= 4 is 11.6 Å². The van der Waals surface area contributed by atoms with Gasteiger partial charge in [0.1, 0.15) is 0 Å². The summed E-state index contributed by atoms with van der Waals surface area (Å²) in [6.07, 6.45) is 7.64. The molecule has 0 bridgehead atoms. The lowest BCUT2D eigenvalue weighted by Crippen LogP contribution is -2.22. The van der Waals surface area contributed by atoms with Crippen LogP contribution in [0.3, 0.4) is 0 Å². The summed E-state index contributed by atoms with van der Waals surface area (Å²) in [5.41, 5.74) is 7.30. The number of nitrogens with one attached hydrogen (secondary N) is 1. The van der Waals surface area contributed by atoms with Crippen molar-refractivity contribution in [2.45, 2.75) is 39.0 Å². The summed E-state index contributed by atoms with van der Waals surface area (Å²) in [5, 5.41) is 3.37. The summed E-state index contributed by atoms with van der Waals surface area (Å²) in [4.78, 5) is 11.8. The Balaban J connectivity index is 1.41. The molecule has 0 fully saturated rings. The number of unbranched alkanes of at least 4 members (excludes halogenated alkanes) is 1. The molecule has 0 radical (unpaired) electrons. The second-order valence-corrected chi connectivity index (χ2v) is 7.95. The van der Waals surface area contributed by atoms with Crippen LogP contribution in [0.5, 0.6) is 0 Å². The number of anilines is 2. The minimum absolute atomic E-state index is 0.660. The van der Waals surface area contributed by atoms with Crippen molar-refractivity contribution in [3.63, 3.8) is 0 Å². The maximum Gasteiger partial charge on any atom is 0.227 e. The average Bonchev–Trinajstić information content (AvgIpc) is 2.77. The van der Waals surface area contributed by atoms with Gasteiger partial charge in [0.15, 0.2) is 0 Å². The van der Waals surface area contributed by atoms with Crippen LogP contribution >= 0.6 is 0 Å². The van der Waals surface area contributed by atoms with Gasteiger partial charge in [-0.05, 0) is 68.1 Å². The molecular formula is C25H30N4. The molecule has 0 aliphatic heterocycles. The average molecular weight is 387 g/mol. The zero-order valence-electron chi connectivity index (χ0n) is 17.5. The van der Waals surface area contributed by atoms with Crippen molar-refractivity contribution in [2.75, 3.05) is 25.5 Å². The Labute approximate surface area is 174 Å². The van der Waals surface area contributed by atoms with Crippen molar-refractivity contribution in [3.05, 3.63) is 71.4 Å². The van der Waals surface area contributed by atoms with Crippen molar-refractivity contribution < 1.29 is 0 Å². The lowest BCUT2D eigenvalue weighted by Gasteiger charge is -2.19. The minimum Gasteiger partial charge on any atom is -0.324 e. The molecule has 29 heavy (non-hydrogen) atoms. The molecule has 0 unspecified atom stereocenters. The molecule has 3 aromatic rings. The van der Waals surface area contributed by atoms with E-state index < -0.39 is 0 Å². The molecule has 1 aliphatic rings. The van der Waals surface area contributed by atoms with Crippen LogP contribution in [0.1, 0.15) is 36.5 Å². The Kier molecular flexibility index (Phi) is 6.20. The molecule has 4 heteroatoms. The zero-order chi connectivity index (χ0) is 20.1. The minimum atomic E-state index is 0.660. The number of nitrogens with zero attached hydrogens (tertiary/aromatic N) is 3. The summed E-state index contributed by atoms with van der Waals surface area (Å²) in [6, 6.07) is 17.2. The Morgan fingerprint density at radius 1 is 0.966 bits per heavy atom. The van der Waals surface area contributed by atoms with Gasteiger partial charge in [-0.15, -0.1) is 0 Å². The van der Waals surface area contributed by atoms with Gasteiger partial charge in [0.2, 0.25) is 5.95 Å². The molecular weight excluding hydrogens is 356 g/mol. The highest BCUT2D eigenvalue weighted by Gasteiger charge is 2.18. The van der Waals surface area contributed by atoms with E-state index in [0.29, 0.717) is 5.95 Å². The zero-order valence-corrected chi connectivity index (χ0v) is 17.5. The fraction of sp³-hybridized carbons (Fsp3) is 0.360. The summed E-state index contributed by atoms with van der Waals surface area (Å²) in [6.45, 7) is 4.51. The fourth-order valence-corrected chi connectivity index (χ4v) is 3.87. The van der Waals surface area contributed by atoms with Crippen molar-refractivity contribution in [2.24, 2.45) is 0 Å². The molecule has 4 rings (SSSR count). The predicted octanol–water partition coefficient (Wildman–Crippen LogP) is 5.26. The number of hydrogen-bond donors (Lipinski definition) is 1. The van der Waals surface area contributed by atoms with E-state index in [0.717, 1.165) is 37.2 Å². The van der Waals surface area contributed by atoms with E-state index in [1.165, 1.54) is 41.6 Å². The molecule has 1 aromatic heterocycles. The molecule has 2 aromatic carbocycles. The Bertz CT molecular complexity index is 949. The first kappa shape index (κ1) is 19.6. The number of likely N-dealkylation sites (N-methyl/N-ethyl adjacent to an activating group) is 1. The molecule has 0 atom stereocenters. The van der Waals surface area contributed by atoms with Gasteiger partial charge in [-0.3, -0.25) is 0 Å². The van der Waals surface area contributed by atoms with Gasteiger partial charge < -0.3 is 10.2 Å². The highest BCUT2D eigenvalue weighted by atomic mass is 15.1. The molecule has 4 nitrogen and oxygen atoms in total. The number of fused-ring (bicyclic) bond motifs is 3. The molecule has 0 spiro atoms. The maximum atomic E-state index is 4.83. The molecule has 0 saturated carbocycles. The Hall–Kier alpha value is -2.72. The number of aromatic nitrogens is 2. The summed E-state index contributed by atoms with van der Waals surface area (Å²) >= 11 is 0. The second-order valence-electron chi connectivity index (χ2n) is 7.95. The molecule has 0 saturated heterocycles. The van der Waals surface area contributed by atoms with E-state index in [4.69, 9.17) is 4.98 Å². The lowest BCUT2D eigenvalue weighted by molar-refractivity contribution is 0.332. The molecule has 1 N–H and O–H groups in total. The van der Waals surface area contributed by atoms with E-state index in [1.54, 1.807) is 0 Å². The standard InChI is InChI=1S/C25H30N4/c1-3-4-16-29(2)17-15-19-9-13-22(14-10-19)27-25-26-18-21-12-11-20-7-5-6-8-23(20)24(21)28-25/h5-10,13-14,18H,3-4,11-12,15-17H2,1-2H3,(H,26,27,28). The van der Waals surface area contributed by atoms with Crippen LogP contribution in [0.15, 0.2) is 54.7 Å². The van der Waals surface area contributed by atoms with E-state index in [1.807, 2.05) is 6.20 Å². The second kappa shape index (κ2) is 9.19. The molecule has 0 amide bonds. The van der Waals surface area contributed by atoms with Crippen LogP contribution in [0.2, 0.25) is 0 Å². The largest absolute Gasteiger partial charge is 0.324 e. The Morgan fingerprint density at radius 2 is 1.76 bits per heavy atom. The first-order chi connectivity index (χ1) is 14.2. The first-order valence-corrected chi connectivity index (χ1v) is 10.7. The van der Waals surface area contributed by atoms with Crippen molar-refractivity contribution in [3.8, 4) is 11.3 Å². The van der Waals surface area contributed by atoms with Crippen molar-refractivity contribution in [1.82, 2.24) is 14.9 Å². The number of benzene rings is 2. The van der Waals surface area contributed by atoms with Crippen LogP contribution in [0.25, 0.3) is 11.3 Å². The third kappa shape index (κ3) is 4.83. The molecule has 150 valence electrons. The summed E-state index contributed by atoms with van der Waals surface area (Å²) in [7, 11) is 2.21. The van der Waals surface area contributed by atoms with Crippen LogP contribution in [-0.2, 0) is 19.3 Å². The Morgan fingerprint density at radius 3 is 2.59 bits per heavy atom. The van der Waals surface area contributed by atoms with E-state index in [9.17, 15) is 0 Å². The van der Waals surface area contributed by atoms with Gasteiger partial charge in [-0.1, -0.05) is 49.7 Å². The SMILES string of the molecule is CCCCN(C)CCc1ccc(Nc2ncc3c(n2)-c2ccccc2CC3)cc1. The number of hydrogen-bond acceptors (Lipinski definition) is 4. The monoisotopic (exact) mass is 386 g/mol. The van der Waals surface area contributed by atoms with Crippen molar-refractivity contribution in [1.29, 1.82) is 0 Å². The van der Waals surface area contributed by atoms with Gasteiger partial charge in [0.05, 0.1) is 5.69 Å². The third-order valence-electron chi connectivity index (χ3n) is 5.69. The number of aryl methyl sites for hydroxylation is 2. The van der Waals surface area contributed by atoms with Gasteiger partial charge >= 0.3 is 0 Å². The highest BCUT2D eigenvalue weighted by molar-refractivity contribution is 5.70. The van der Waals surface area contributed by atoms with Crippen LogP contribution in [0, 0.1) is 0 Å². The quantitative estimate of drug-likeness (QED) is 0.573. The maximum absolute atomic E-state index is 4.83. The summed E-state index contributed by atoms with van der Waals surface area (Å²) < 4.78 is 0.